The highest BCUT2D eigenvalue weighted by Crippen LogP contribution is 2.28. The summed E-state index contributed by atoms with van der Waals surface area (Å²) in [4.78, 5) is 0. The van der Waals surface area contributed by atoms with E-state index in [-0.39, 0.29) is 13.2 Å². The predicted octanol–water partition coefficient (Wildman–Crippen LogP) is -2.80. The van der Waals surface area contributed by atoms with Gasteiger partial charge >= 0.3 is 10.4 Å². The Morgan fingerprint density at radius 2 is 1.78 bits per heavy atom. The minimum Gasteiger partial charge on any atom is -0.396 e. The predicted molar refractivity (Wildman–Crippen MR) is 75.3 cm³/mol. The summed E-state index contributed by atoms with van der Waals surface area (Å²) < 4.78 is 42.8. The van der Waals surface area contributed by atoms with Gasteiger partial charge in [0, 0.05) is 26.6 Å². The van der Waals surface area contributed by atoms with Crippen LogP contribution in [0.3, 0.4) is 0 Å². The van der Waals surface area contributed by atoms with E-state index in [0.717, 1.165) is 6.42 Å². The zero-order chi connectivity index (χ0) is 17.6. The Hall–Kier alpha value is -0.370. The van der Waals surface area contributed by atoms with Crippen LogP contribution in [-0.2, 0) is 28.2 Å². The van der Waals surface area contributed by atoms with Gasteiger partial charge in [-0.25, -0.2) is 8.37 Å². The van der Waals surface area contributed by atoms with E-state index in [0.29, 0.717) is 0 Å². The van der Waals surface area contributed by atoms with Gasteiger partial charge in [-0.15, -0.1) is 0 Å². The summed E-state index contributed by atoms with van der Waals surface area (Å²) in [5, 5.41) is 38.1. The summed E-state index contributed by atoms with van der Waals surface area (Å²) in [7, 11) is -1.73. The second-order valence-electron chi connectivity index (χ2n) is 5.08. The third kappa shape index (κ3) is 5.89. The summed E-state index contributed by atoms with van der Waals surface area (Å²) in [6.07, 6.45) is -5.63. The highest BCUT2D eigenvalue weighted by Gasteiger charge is 2.45. The van der Waals surface area contributed by atoms with E-state index in [9.17, 15) is 28.8 Å². The van der Waals surface area contributed by atoms with E-state index in [1.54, 1.807) is 0 Å². The first-order chi connectivity index (χ1) is 10.8. The molecule has 6 unspecified atom stereocenters. The minimum absolute atomic E-state index is 0.102. The minimum atomic E-state index is -4.49. The normalized spacial score (nSPS) is 33.6. The third-order valence-corrected chi connectivity index (χ3v) is 4.35. The fraction of sp³-hybridized carbons (Fsp3) is 0.917. The van der Waals surface area contributed by atoms with Crippen LogP contribution in [0.1, 0.15) is 0 Å². The van der Waals surface area contributed by atoms with Gasteiger partial charge in [-0.3, -0.25) is 0 Å². The largest absolute Gasteiger partial charge is 0.400 e. The second kappa shape index (κ2) is 9.20. The summed E-state index contributed by atoms with van der Waals surface area (Å²) in [6, 6.07) is 0. The lowest BCUT2D eigenvalue weighted by Gasteiger charge is -2.38. The number of methoxy groups -OCH3 is 2. The number of hydrogen-bond acceptors (Lipinski definition) is 10. The molecular weight excluding hydrogens is 336 g/mol. The van der Waals surface area contributed by atoms with Crippen LogP contribution in [0.2, 0.25) is 0 Å². The van der Waals surface area contributed by atoms with Crippen molar-refractivity contribution in [1.29, 1.82) is 0 Å². The van der Waals surface area contributed by atoms with Crippen molar-refractivity contribution in [3.05, 3.63) is 6.42 Å². The van der Waals surface area contributed by atoms with E-state index in [4.69, 9.17) is 13.7 Å². The fourth-order valence-electron chi connectivity index (χ4n) is 2.11. The standard InChI is InChI=1S/C12H23O10S/c1-19-5-7(20-2)6-21-23(17,18)22-10-3-9(14)12(16)11(15)8(10)4-13/h3,7-16H,4-6H2,1-2H3. The first-order valence-corrected chi connectivity index (χ1v) is 8.18. The molecule has 1 saturated carbocycles. The molecule has 23 heavy (non-hydrogen) atoms. The van der Waals surface area contributed by atoms with E-state index >= 15 is 0 Å². The molecule has 0 amide bonds. The van der Waals surface area contributed by atoms with Gasteiger partial charge in [0.15, 0.2) is 0 Å². The Morgan fingerprint density at radius 3 is 2.30 bits per heavy atom. The maximum absolute atomic E-state index is 11.8. The molecule has 0 aromatic heterocycles. The molecule has 0 aromatic rings. The molecule has 0 spiro atoms. The molecular formula is C12H23O10S. The molecule has 1 aliphatic rings. The average molecular weight is 359 g/mol. The first-order valence-electron chi connectivity index (χ1n) is 6.85. The van der Waals surface area contributed by atoms with E-state index in [2.05, 4.69) is 4.18 Å². The summed E-state index contributed by atoms with van der Waals surface area (Å²) >= 11 is 0. The van der Waals surface area contributed by atoms with E-state index in [1.807, 2.05) is 0 Å². The molecule has 10 nitrogen and oxygen atoms in total. The molecule has 1 fully saturated rings. The Labute approximate surface area is 134 Å². The number of aliphatic hydroxyl groups is 4. The van der Waals surface area contributed by atoms with Crippen LogP contribution in [0, 0.1) is 12.3 Å². The maximum atomic E-state index is 11.8. The zero-order valence-corrected chi connectivity index (χ0v) is 13.6. The lowest BCUT2D eigenvalue weighted by molar-refractivity contribution is -0.128. The molecule has 0 heterocycles. The molecule has 0 aliphatic heterocycles. The van der Waals surface area contributed by atoms with Crippen molar-refractivity contribution in [2.45, 2.75) is 30.5 Å². The number of aliphatic hydroxyl groups excluding tert-OH is 4. The van der Waals surface area contributed by atoms with Crippen molar-refractivity contribution in [3.63, 3.8) is 0 Å². The van der Waals surface area contributed by atoms with E-state index < -0.39 is 53.4 Å². The Bertz CT molecular complexity index is 441. The van der Waals surface area contributed by atoms with Crippen LogP contribution in [0.25, 0.3) is 0 Å². The fourth-order valence-corrected chi connectivity index (χ4v) is 2.96. The molecule has 1 radical (unpaired) electrons. The number of rotatable bonds is 9. The van der Waals surface area contributed by atoms with Crippen molar-refractivity contribution in [3.8, 4) is 0 Å². The quantitative estimate of drug-likeness (QED) is 0.340. The number of hydrogen-bond donors (Lipinski definition) is 4. The van der Waals surface area contributed by atoms with Gasteiger partial charge in [-0.05, 0) is 0 Å². The average Bonchev–Trinajstić information content (AvgIpc) is 2.49. The topological polar surface area (TPSA) is 152 Å². The van der Waals surface area contributed by atoms with Crippen LogP contribution in [0.5, 0.6) is 0 Å². The van der Waals surface area contributed by atoms with Crippen molar-refractivity contribution in [2.24, 2.45) is 5.92 Å². The van der Waals surface area contributed by atoms with Gasteiger partial charge in [-0.1, -0.05) is 0 Å². The van der Waals surface area contributed by atoms with Crippen molar-refractivity contribution in [2.75, 3.05) is 34.0 Å². The van der Waals surface area contributed by atoms with Crippen LogP contribution in [0.15, 0.2) is 0 Å². The lowest BCUT2D eigenvalue weighted by atomic mass is 9.81. The van der Waals surface area contributed by atoms with Crippen LogP contribution >= 0.6 is 0 Å². The van der Waals surface area contributed by atoms with Crippen LogP contribution < -0.4 is 0 Å². The third-order valence-electron chi connectivity index (χ3n) is 3.47. The van der Waals surface area contributed by atoms with Gasteiger partial charge in [0.05, 0.1) is 38.1 Å². The highest BCUT2D eigenvalue weighted by atomic mass is 32.3. The van der Waals surface area contributed by atoms with Gasteiger partial charge in [0.1, 0.15) is 12.2 Å². The Balaban J connectivity index is 2.67. The molecule has 137 valence electrons. The Kier molecular flexibility index (Phi) is 8.27. The van der Waals surface area contributed by atoms with Crippen LogP contribution in [0.4, 0.5) is 0 Å². The summed E-state index contributed by atoms with van der Waals surface area (Å²) in [5.41, 5.74) is 0. The van der Waals surface area contributed by atoms with Gasteiger partial charge < -0.3 is 29.9 Å². The first kappa shape index (κ1) is 20.7. The monoisotopic (exact) mass is 359 g/mol. The summed E-state index contributed by atoms with van der Waals surface area (Å²) in [5.74, 6) is -1.14. The molecule has 11 heteroatoms. The number of ether oxygens (including phenoxy) is 2. The van der Waals surface area contributed by atoms with Gasteiger partial charge in [0.25, 0.3) is 0 Å². The van der Waals surface area contributed by atoms with Crippen molar-refractivity contribution in [1.82, 2.24) is 0 Å². The molecule has 1 rings (SSSR count). The van der Waals surface area contributed by atoms with E-state index in [1.165, 1.54) is 14.2 Å². The van der Waals surface area contributed by atoms with Crippen molar-refractivity contribution >= 4 is 10.4 Å². The molecule has 4 N–H and O–H groups in total. The Morgan fingerprint density at radius 1 is 1.13 bits per heavy atom. The van der Waals surface area contributed by atoms with Crippen molar-refractivity contribution < 1.29 is 46.7 Å². The molecule has 0 saturated heterocycles. The smallest absolute Gasteiger partial charge is 0.396 e. The second-order valence-corrected chi connectivity index (χ2v) is 6.32. The SMILES string of the molecule is COCC(COS(=O)(=O)OC1[CH]C(O)C(O)C(O)C1CO)OC. The van der Waals surface area contributed by atoms with Gasteiger partial charge in [-0.2, -0.15) is 8.42 Å². The summed E-state index contributed by atoms with van der Waals surface area (Å²) in [6.45, 7) is -0.923. The highest BCUT2D eigenvalue weighted by molar-refractivity contribution is 7.81. The van der Waals surface area contributed by atoms with Crippen LogP contribution in [-0.4, -0.2) is 93.4 Å². The van der Waals surface area contributed by atoms with Gasteiger partial charge in [0.2, 0.25) is 0 Å². The molecule has 0 bridgehead atoms. The molecule has 1 aliphatic carbocycles. The maximum Gasteiger partial charge on any atom is 0.400 e. The zero-order valence-electron chi connectivity index (χ0n) is 12.8. The molecule has 6 atom stereocenters. The molecule has 0 aromatic carbocycles. The lowest BCUT2D eigenvalue weighted by Crippen LogP contribution is -2.55.